The molecule has 0 bridgehead atoms. The Morgan fingerprint density at radius 3 is 1.92 bits per heavy atom. The summed E-state index contributed by atoms with van der Waals surface area (Å²) in [5, 5.41) is 0. The van der Waals surface area contributed by atoms with E-state index in [2.05, 4.69) is 40.7 Å². The summed E-state index contributed by atoms with van der Waals surface area (Å²) in [5.41, 5.74) is 1.97. The molecule has 0 unspecified atom stereocenters. The minimum atomic E-state index is 0.495. The van der Waals surface area contributed by atoms with Gasteiger partial charge in [-0.25, -0.2) is 0 Å². The molecule has 0 spiro atoms. The molecule has 0 aromatic carbocycles. The van der Waals surface area contributed by atoms with Crippen molar-refractivity contribution in [1.29, 1.82) is 0 Å². The van der Waals surface area contributed by atoms with Crippen LogP contribution in [0.5, 0.6) is 0 Å². The lowest BCUT2D eigenvalue weighted by Crippen LogP contribution is -2.16. The zero-order chi connectivity index (χ0) is 10.3. The molecule has 0 heteroatoms. The predicted octanol–water partition coefficient (Wildman–Crippen LogP) is 4.95. The molecule has 0 fully saturated rings. The van der Waals surface area contributed by atoms with E-state index in [1.807, 2.05) is 0 Å². The number of allylic oxidation sites excluding steroid dienone is 2. The van der Waals surface area contributed by atoms with Gasteiger partial charge in [-0.2, -0.15) is 0 Å². The van der Waals surface area contributed by atoms with Crippen molar-refractivity contribution in [3.05, 3.63) is 11.6 Å². The second kappa shape index (κ2) is 6.23. The first-order valence-electron chi connectivity index (χ1n) is 5.76. The van der Waals surface area contributed by atoms with Crippen LogP contribution in [0.2, 0.25) is 0 Å². The fourth-order valence-corrected chi connectivity index (χ4v) is 2.02. The molecule has 0 saturated heterocycles. The second-order valence-electron chi connectivity index (χ2n) is 4.39. The minimum absolute atomic E-state index is 0.495. The monoisotopic (exact) mass is 182 g/mol. The second-order valence-corrected chi connectivity index (χ2v) is 4.39. The van der Waals surface area contributed by atoms with Crippen LogP contribution in [-0.2, 0) is 0 Å². The van der Waals surface area contributed by atoms with Crippen molar-refractivity contribution in [3.63, 3.8) is 0 Å². The Hall–Kier alpha value is -0.260. The molecule has 0 saturated carbocycles. The van der Waals surface area contributed by atoms with Crippen LogP contribution in [0, 0.1) is 5.41 Å². The third-order valence-corrected chi connectivity index (χ3v) is 3.03. The maximum atomic E-state index is 2.49. The van der Waals surface area contributed by atoms with Gasteiger partial charge in [0.05, 0.1) is 0 Å². The third-order valence-electron chi connectivity index (χ3n) is 3.03. The average Bonchev–Trinajstić information content (AvgIpc) is 2.12. The zero-order valence-corrected chi connectivity index (χ0v) is 10.1. The van der Waals surface area contributed by atoms with Gasteiger partial charge in [-0.15, -0.1) is 0 Å². The summed E-state index contributed by atoms with van der Waals surface area (Å²) in [5.74, 6) is 0. The molecule has 0 amide bonds. The van der Waals surface area contributed by atoms with Crippen LogP contribution in [-0.4, -0.2) is 0 Å². The van der Waals surface area contributed by atoms with E-state index in [9.17, 15) is 0 Å². The molecule has 0 atom stereocenters. The standard InChI is InChI=1S/C13H26/c1-6-9-10-13(7-2,8-3)11-12(4)5/h11H,6-10H2,1-5H3. The van der Waals surface area contributed by atoms with E-state index in [0.717, 1.165) is 0 Å². The van der Waals surface area contributed by atoms with Gasteiger partial charge in [0.2, 0.25) is 0 Å². The Morgan fingerprint density at radius 2 is 1.62 bits per heavy atom. The first-order valence-corrected chi connectivity index (χ1v) is 5.76. The van der Waals surface area contributed by atoms with Gasteiger partial charge in [-0.3, -0.25) is 0 Å². The Labute approximate surface area is 84.4 Å². The lowest BCUT2D eigenvalue weighted by molar-refractivity contribution is 0.312. The SMILES string of the molecule is CCCCC(C=C(C)C)(CC)CC. The van der Waals surface area contributed by atoms with Crippen LogP contribution in [0.4, 0.5) is 0 Å². The number of hydrogen-bond acceptors (Lipinski definition) is 0. The smallest absolute Gasteiger partial charge is 0.0121 e. The maximum absolute atomic E-state index is 2.49. The van der Waals surface area contributed by atoms with E-state index < -0.39 is 0 Å². The summed E-state index contributed by atoms with van der Waals surface area (Å²) in [7, 11) is 0. The number of hydrogen-bond donors (Lipinski definition) is 0. The topological polar surface area (TPSA) is 0 Å². The molecule has 78 valence electrons. The van der Waals surface area contributed by atoms with Crippen molar-refractivity contribution >= 4 is 0 Å². The van der Waals surface area contributed by atoms with Gasteiger partial charge in [0.15, 0.2) is 0 Å². The Morgan fingerprint density at radius 1 is 1.08 bits per heavy atom. The van der Waals surface area contributed by atoms with Gasteiger partial charge in [-0.05, 0) is 38.5 Å². The van der Waals surface area contributed by atoms with Gasteiger partial charge < -0.3 is 0 Å². The Kier molecular flexibility index (Phi) is 6.11. The molecule has 0 radical (unpaired) electrons. The molecule has 0 N–H and O–H groups in total. The molecule has 0 aliphatic heterocycles. The summed E-state index contributed by atoms with van der Waals surface area (Å²) in [6.45, 7) is 11.3. The normalized spacial score (nSPS) is 11.5. The highest BCUT2D eigenvalue weighted by atomic mass is 14.3. The lowest BCUT2D eigenvalue weighted by atomic mass is 9.77. The summed E-state index contributed by atoms with van der Waals surface area (Å²) in [6, 6.07) is 0. The van der Waals surface area contributed by atoms with Crippen molar-refractivity contribution in [2.24, 2.45) is 5.41 Å². The highest BCUT2D eigenvalue weighted by Crippen LogP contribution is 2.35. The van der Waals surface area contributed by atoms with Crippen molar-refractivity contribution in [3.8, 4) is 0 Å². The van der Waals surface area contributed by atoms with E-state index in [1.165, 1.54) is 37.7 Å². The number of unbranched alkanes of at least 4 members (excludes halogenated alkanes) is 1. The van der Waals surface area contributed by atoms with Gasteiger partial charge in [-0.1, -0.05) is 45.3 Å². The van der Waals surface area contributed by atoms with Crippen LogP contribution in [0.15, 0.2) is 11.6 Å². The molecule has 0 aliphatic rings. The lowest BCUT2D eigenvalue weighted by Gasteiger charge is -2.28. The van der Waals surface area contributed by atoms with E-state index in [-0.39, 0.29) is 0 Å². The molecular weight excluding hydrogens is 156 g/mol. The molecule has 0 heterocycles. The highest BCUT2D eigenvalue weighted by Gasteiger charge is 2.21. The quantitative estimate of drug-likeness (QED) is 0.510. The van der Waals surface area contributed by atoms with E-state index in [1.54, 1.807) is 0 Å². The van der Waals surface area contributed by atoms with Gasteiger partial charge in [0.25, 0.3) is 0 Å². The Bertz CT molecular complexity index is 145. The van der Waals surface area contributed by atoms with Crippen molar-refractivity contribution in [2.45, 2.75) is 66.7 Å². The summed E-state index contributed by atoms with van der Waals surface area (Å²) >= 11 is 0. The summed E-state index contributed by atoms with van der Waals surface area (Å²) in [4.78, 5) is 0. The van der Waals surface area contributed by atoms with Crippen LogP contribution in [0.3, 0.4) is 0 Å². The molecular formula is C13H26. The van der Waals surface area contributed by atoms with Crippen LogP contribution in [0.1, 0.15) is 66.7 Å². The maximum Gasteiger partial charge on any atom is -0.0121 e. The van der Waals surface area contributed by atoms with Crippen molar-refractivity contribution in [2.75, 3.05) is 0 Å². The van der Waals surface area contributed by atoms with E-state index in [4.69, 9.17) is 0 Å². The highest BCUT2D eigenvalue weighted by molar-refractivity contribution is 5.04. The van der Waals surface area contributed by atoms with Crippen LogP contribution in [0.25, 0.3) is 0 Å². The third kappa shape index (κ3) is 4.50. The van der Waals surface area contributed by atoms with Gasteiger partial charge >= 0.3 is 0 Å². The summed E-state index contributed by atoms with van der Waals surface area (Å²) < 4.78 is 0. The number of rotatable bonds is 6. The van der Waals surface area contributed by atoms with Crippen molar-refractivity contribution < 1.29 is 0 Å². The first kappa shape index (κ1) is 12.7. The minimum Gasteiger partial charge on any atom is -0.0799 e. The molecule has 0 nitrogen and oxygen atoms in total. The molecule has 0 aromatic heterocycles. The van der Waals surface area contributed by atoms with E-state index >= 15 is 0 Å². The van der Waals surface area contributed by atoms with Gasteiger partial charge in [0.1, 0.15) is 0 Å². The largest absolute Gasteiger partial charge is 0.0799 e. The van der Waals surface area contributed by atoms with Crippen molar-refractivity contribution in [1.82, 2.24) is 0 Å². The molecule has 13 heavy (non-hydrogen) atoms. The molecule has 0 rings (SSSR count). The fraction of sp³-hybridized carbons (Fsp3) is 0.846. The predicted molar refractivity (Wildman–Crippen MR) is 62.0 cm³/mol. The average molecular weight is 182 g/mol. The van der Waals surface area contributed by atoms with Gasteiger partial charge in [0, 0.05) is 0 Å². The van der Waals surface area contributed by atoms with Crippen LogP contribution >= 0.6 is 0 Å². The fourth-order valence-electron chi connectivity index (χ4n) is 2.02. The first-order chi connectivity index (χ1) is 6.10. The molecule has 0 aromatic rings. The summed E-state index contributed by atoms with van der Waals surface area (Å²) in [6.07, 6.45) is 9.11. The van der Waals surface area contributed by atoms with E-state index in [0.29, 0.717) is 5.41 Å². The molecule has 0 aliphatic carbocycles. The van der Waals surface area contributed by atoms with Crippen LogP contribution < -0.4 is 0 Å². The Balaban J connectivity index is 4.40. The zero-order valence-electron chi connectivity index (χ0n) is 10.1.